The molecule has 102 valence electrons. The number of nitrogens with zero attached hydrogens (tertiary/aromatic N) is 4. The number of methoxy groups -OCH3 is 1. The van der Waals surface area contributed by atoms with Crippen LogP contribution in [-0.2, 0) is 0 Å². The lowest BCUT2D eigenvalue weighted by atomic mass is 10.0. The predicted molar refractivity (Wildman–Crippen MR) is 73.6 cm³/mol. The largest absolute Gasteiger partial charge is 0.479 e. The molecule has 1 fully saturated rings. The summed E-state index contributed by atoms with van der Waals surface area (Å²) in [5.41, 5.74) is 0.748. The van der Waals surface area contributed by atoms with Gasteiger partial charge in [0.2, 0.25) is 5.88 Å². The van der Waals surface area contributed by atoms with Crippen LogP contribution in [0.3, 0.4) is 0 Å². The molecule has 6 nitrogen and oxygen atoms in total. The monoisotopic (exact) mass is 261 g/mol. The molecule has 0 aromatic carbocycles. The van der Waals surface area contributed by atoms with Gasteiger partial charge in [-0.1, -0.05) is 6.92 Å². The third-order valence-corrected chi connectivity index (χ3v) is 3.63. The van der Waals surface area contributed by atoms with Crippen LogP contribution in [0.4, 0.5) is 5.82 Å². The maximum absolute atomic E-state index is 5.32. The van der Waals surface area contributed by atoms with Crippen LogP contribution in [-0.4, -0.2) is 40.4 Å². The number of aromatic amines is 1. The number of fused-ring (bicyclic) bond motifs is 1. The molecule has 0 aliphatic carbocycles. The molecule has 0 bridgehead atoms. The highest BCUT2D eigenvalue weighted by atomic mass is 16.5. The number of piperidine rings is 1. The molecule has 1 aliphatic heterocycles. The quantitative estimate of drug-likeness (QED) is 0.894. The second-order valence-electron chi connectivity index (χ2n) is 5.24. The van der Waals surface area contributed by atoms with Crippen LogP contribution in [0.2, 0.25) is 0 Å². The van der Waals surface area contributed by atoms with Gasteiger partial charge in [0.05, 0.1) is 7.11 Å². The molecule has 0 saturated carbocycles. The first kappa shape index (κ1) is 12.2. The molecular formula is C13H19N5O. The van der Waals surface area contributed by atoms with E-state index in [1.54, 1.807) is 7.11 Å². The van der Waals surface area contributed by atoms with Gasteiger partial charge in [0.25, 0.3) is 0 Å². The van der Waals surface area contributed by atoms with Gasteiger partial charge in [-0.3, -0.25) is 5.10 Å². The molecular weight excluding hydrogens is 242 g/mol. The van der Waals surface area contributed by atoms with Crippen molar-refractivity contribution in [3.63, 3.8) is 0 Å². The van der Waals surface area contributed by atoms with Gasteiger partial charge in [-0.05, 0) is 25.7 Å². The highest BCUT2D eigenvalue weighted by Gasteiger charge is 2.23. The third-order valence-electron chi connectivity index (χ3n) is 3.63. The SMILES string of the molecule is COc1n[nH]c2nc(C)nc(N3CCCC(C)C3)c12. The molecule has 0 spiro atoms. The molecule has 0 amide bonds. The van der Waals surface area contributed by atoms with Crippen LogP contribution in [0.1, 0.15) is 25.6 Å². The number of rotatable bonds is 2. The van der Waals surface area contributed by atoms with Crippen molar-refractivity contribution in [1.82, 2.24) is 20.2 Å². The summed E-state index contributed by atoms with van der Waals surface area (Å²) in [6.45, 7) is 6.25. The number of aromatic nitrogens is 4. The Hall–Kier alpha value is -1.85. The number of H-pyrrole nitrogens is 1. The molecule has 1 atom stereocenters. The van der Waals surface area contributed by atoms with Gasteiger partial charge in [-0.15, -0.1) is 5.10 Å². The first-order chi connectivity index (χ1) is 9.19. The molecule has 3 rings (SSSR count). The zero-order valence-corrected chi connectivity index (χ0v) is 11.6. The van der Waals surface area contributed by atoms with Crippen LogP contribution < -0.4 is 9.64 Å². The summed E-state index contributed by atoms with van der Waals surface area (Å²) >= 11 is 0. The van der Waals surface area contributed by atoms with E-state index >= 15 is 0 Å². The maximum atomic E-state index is 5.32. The summed E-state index contributed by atoms with van der Waals surface area (Å²) in [6.07, 6.45) is 2.48. The first-order valence-corrected chi connectivity index (χ1v) is 6.70. The topological polar surface area (TPSA) is 66.9 Å². The Balaban J connectivity index is 2.12. The molecule has 1 saturated heterocycles. The minimum Gasteiger partial charge on any atom is -0.479 e. The fraction of sp³-hybridized carbons (Fsp3) is 0.615. The van der Waals surface area contributed by atoms with Crippen molar-refractivity contribution in [3.05, 3.63) is 5.82 Å². The standard InChI is InChI=1S/C13H19N5O/c1-8-5-4-6-18(7-8)12-10-11(14-9(2)15-12)16-17-13(10)19-3/h8H,4-7H2,1-3H3,(H,14,15,16,17). The Kier molecular flexibility index (Phi) is 3.00. The summed E-state index contributed by atoms with van der Waals surface area (Å²) in [7, 11) is 1.62. The van der Waals surface area contributed by atoms with E-state index in [1.165, 1.54) is 12.8 Å². The third kappa shape index (κ3) is 2.11. The van der Waals surface area contributed by atoms with Crippen molar-refractivity contribution in [2.24, 2.45) is 5.92 Å². The Bertz CT molecular complexity index is 594. The van der Waals surface area contributed by atoms with E-state index in [-0.39, 0.29) is 0 Å². The number of aryl methyl sites for hydroxylation is 1. The summed E-state index contributed by atoms with van der Waals surface area (Å²) in [5, 5.41) is 7.96. The van der Waals surface area contributed by atoms with E-state index in [9.17, 15) is 0 Å². The van der Waals surface area contributed by atoms with Crippen molar-refractivity contribution in [3.8, 4) is 5.88 Å². The zero-order chi connectivity index (χ0) is 13.4. The average molecular weight is 261 g/mol. The molecule has 6 heteroatoms. The summed E-state index contributed by atoms with van der Waals surface area (Å²) in [5.74, 6) is 2.96. The van der Waals surface area contributed by atoms with Gasteiger partial charge in [0, 0.05) is 13.1 Å². The highest BCUT2D eigenvalue weighted by Crippen LogP contribution is 2.32. The van der Waals surface area contributed by atoms with Gasteiger partial charge in [-0.2, -0.15) is 0 Å². The van der Waals surface area contributed by atoms with Gasteiger partial charge < -0.3 is 9.64 Å². The lowest BCUT2D eigenvalue weighted by molar-refractivity contribution is 0.400. The number of anilines is 1. The fourth-order valence-electron chi connectivity index (χ4n) is 2.75. The first-order valence-electron chi connectivity index (χ1n) is 6.70. The van der Waals surface area contributed by atoms with Crippen molar-refractivity contribution in [2.45, 2.75) is 26.7 Å². The molecule has 19 heavy (non-hydrogen) atoms. The van der Waals surface area contributed by atoms with E-state index in [0.717, 1.165) is 35.8 Å². The minimum absolute atomic E-state index is 0.572. The number of nitrogens with one attached hydrogen (secondary N) is 1. The van der Waals surface area contributed by atoms with E-state index in [0.29, 0.717) is 11.8 Å². The van der Waals surface area contributed by atoms with E-state index in [2.05, 4.69) is 32.0 Å². The Labute approximate surface area is 112 Å². The Morgan fingerprint density at radius 1 is 1.37 bits per heavy atom. The second-order valence-corrected chi connectivity index (χ2v) is 5.24. The van der Waals surface area contributed by atoms with Gasteiger partial charge in [-0.25, -0.2) is 9.97 Å². The second kappa shape index (κ2) is 4.68. The Morgan fingerprint density at radius 2 is 2.21 bits per heavy atom. The predicted octanol–water partition coefficient (Wildman–Crippen LogP) is 1.91. The summed E-state index contributed by atoms with van der Waals surface area (Å²) in [6, 6.07) is 0. The minimum atomic E-state index is 0.572. The smallest absolute Gasteiger partial charge is 0.245 e. The van der Waals surface area contributed by atoms with Gasteiger partial charge >= 0.3 is 0 Å². The summed E-state index contributed by atoms with van der Waals surface area (Å²) < 4.78 is 5.32. The van der Waals surface area contributed by atoms with Gasteiger partial charge in [0.15, 0.2) is 5.65 Å². The van der Waals surface area contributed by atoms with E-state index in [4.69, 9.17) is 4.74 Å². The number of ether oxygens (including phenoxy) is 1. The lowest BCUT2D eigenvalue weighted by Crippen LogP contribution is -2.35. The highest BCUT2D eigenvalue weighted by molar-refractivity contribution is 5.92. The van der Waals surface area contributed by atoms with Crippen LogP contribution in [0.25, 0.3) is 11.0 Å². The average Bonchev–Trinajstić information content (AvgIpc) is 2.80. The van der Waals surface area contributed by atoms with Gasteiger partial charge in [0.1, 0.15) is 17.0 Å². The normalized spacial score (nSPS) is 19.9. The molecule has 1 unspecified atom stereocenters. The lowest BCUT2D eigenvalue weighted by Gasteiger charge is -2.32. The van der Waals surface area contributed by atoms with Crippen LogP contribution in [0.15, 0.2) is 0 Å². The van der Waals surface area contributed by atoms with Crippen LogP contribution in [0, 0.1) is 12.8 Å². The van der Waals surface area contributed by atoms with Crippen molar-refractivity contribution in [1.29, 1.82) is 0 Å². The summed E-state index contributed by atoms with van der Waals surface area (Å²) in [4.78, 5) is 11.3. The van der Waals surface area contributed by atoms with E-state index < -0.39 is 0 Å². The number of hydrogen-bond acceptors (Lipinski definition) is 5. The van der Waals surface area contributed by atoms with Crippen LogP contribution in [0.5, 0.6) is 5.88 Å². The molecule has 2 aromatic heterocycles. The zero-order valence-electron chi connectivity index (χ0n) is 11.6. The fourth-order valence-corrected chi connectivity index (χ4v) is 2.75. The molecule has 1 aliphatic rings. The Morgan fingerprint density at radius 3 is 2.95 bits per heavy atom. The molecule has 3 heterocycles. The van der Waals surface area contributed by atoms with Crippen molar-refractivity contribution >= 4 is 16.9 Å². The van der Waals surface area contributed by atoms with E-state index in [1.807, 2.05) is 6.92 Å². The van der Waals surface area contributed by atoms with Crippen molar-refractivity contribution in [2.75, 3.05) is 25.1 Å². The van der Waals surface area contributed by atoms with Crippen molar-refractivity contribution < 1.29 is 4.74 Å². The maximum Gasteiger partial charge on any atom is 0.245 e. The molecule has 0 radical (unpaired) electrons. The van der Waals surface area contributed by atoms with Crippen LogP contribution >= 0.6 is 0 Å². The number of hydrogen-bond donors (Lipinski definition) is 1. The molecule has 1 N–H and O–H groups in total. The molecule has 2 aromatic rings.